The molecule has 4 atom stereocenters. The lowest BCUT2D eigenvalue weighted by atomic mass is 9.51. The quantitative estimate of drug-likeness (QED) is 0.324. The first-order chi connectivity index (χ1) is 12.6. The van der Waals surface area contributed by atoms with Crippen LogP contribution in [0.1, 0.15) is 53.4 Å². The molecule has 158 valence electrons. The number of ether oxygens (including phenoxy) is 2. The monoisotopic (exact) mass is 494 g/mol. The Kier molecular flexibility index (Phi) is 9.09. The van der Waals surface area contributed by atoms with Gasteiger partial charge in [-0.25, -0.2) is 0 Å². The molecule has 27 heavy (non-hydrogen) atoms. The zero-order chi connectivity index (χ0) is 18.6. The molecule has 6 nitrogen and oxygen atoms in total. The lowest BCUT2D eigenvalue weighted by molar-refractivity contribution is -0.168. The molecular formula is C20H39IN4O2. The number of morpholine rings is 1. The standard InChI is InChI=1S/C20H38N4O2.HI/c1-5-21-19(22-13-15(3)24-10-11-25-14-16(24)4)23-17-12-18(26-6-2)20(17)8-7-9-20;/h15-18H,5-14H2,1-4H3,(H2,21,22,23);1H. The molecular weight excluding hydrogens is 455 g/mol. The molecule has 3 fully saturated rings. The highest BCUT2D eigenvalue weighted by molar-refractivity contribution is 14.0. The number of rotatable bonds is 7. The Bertz CT molecular complexity index is 487. The van der Waals surface area contributed by atoms with E-state index >= 15 is 0 Å². The van der Waals surface area contributed by atoms with E-state index in [9.17, 15) is 0 Å². The van der Waals surface area contributed by atoms with Crippen LogP contribution in [-0.4, -0.2) is 74.5 Å². The maximum atomic E-state index is 5.98. The van der Waals surface area contributed by atoms with Gasteiger partial charge in [0.15, 0.2) is 5.96 Å². The largest absolute Gasteiger partial charge is 0.379 e. The minimum Gasteiger partial charge on any atom is -0.379 e. The summed E-state index contributed by atoms with van der Waals surface area (Å²) in [5.41, 5.74) is 0.358. The molecule has 0 aromatic heterocycles. The maximum Gasteiger partial charge on any atom is 0.191 e. The molecule has 0 radical (unpaired) electrons. The zero-order valence-electron chi connectivity index (χ0n) is 17.5. The molecule has 4 unspecified atom stereocenters. The lowest BCUT2D eigenvalue weighted by Crippen LogP contribution is -2.68. The molecule has 0 bridgehead atoms. The van der Waals surface area contributed by atoms with E-state index in [0.717, 1.165) is 51.8 Å². The molecule has 2 N–H and O–H groups in total. The summed E-state index contributed by atoms with van der Waals surface area (Å²) >= 11 is 0. The van der Waals surface area contributed by atoms with E-state index in [1.54, 1.807) is 0 Å². The van der Waals surface area contributed by atoms with Gasteiger partial charge in [0.05, 0.1) is 25.9 Å². The van der Waals surface area contributed by atoms with Gasteiger partial charge in [-0.15, -0.1) is 24.0 Å². The highest BCUT2D eigenvalue weighted by Crippen LogP contribution is 2.57. The van der Waals surface area contributed by atoms with Crippen LogP contribution in [-0.2, 0) is 9.47 Å². The number of halogens is 1. The van der Waals surface area contributed by atoms with E-state index in [-0.39, 0.29) is 24.0 Å². The third-order valence-electron chi connectivity index (χ3n) is 6.59. The molecule has 1 heterocycles. The van der Waals surface area contributed by atoms with Crippen LogP contribution >= 0.6 is 24.0 Å². The van der Waals surface area contributed by atoms with Crippen molar-refractivity contribution in [1.29, 1.82) is 0 Å². The fourth-order valence-corrected chi connectivity index (χ4v) is 4.85. The van der Waals surface area contributed by atoms with Gasteiger partial charge in [0, 0.05) is 43.2 Å². The Balaban J connectivity index is 0.00000261. The Hall–Kier alpha value is -0.120. The molecule has 0 aromatic carbocycles. The molecule has 0 aromatic rings. The van der Waals surface area contributed by atoms with Crippen LogP contribution in [0.15, 0.2) is 4.99 Å². The number of hydrogen-bond acceptors (Lipinski definition) is 4. The van der Waals surface area contributed by atoms with Gasteiger partial charge < -0.3 is 20.1 Å². The fraction of sp³-hybridized carbons (Fsp3) is 0.950. The van der Waals surface area contributed by atoms with Crippen molar-refractivity contribution in [2.75, 3.05) is 39.5 Å². The Morgan fingerprint density at radius 1 is 1.37 bits per heavy atom. The van der Waals surface area contributed by atoms with Crippen LogP contribution in [0, 0.1) is 5.41 Å². The van der Waals surface area contributed by atoms with Crippen LogP contribution in [0.3, 0.4) is 0 Å². The average Bonchev–Trinajstić information content (AvgIpc) is 2.57. The van der Waals surface area contributed by atoms with Gasteiger partial charge in [0.25, 0.3) is 0 Å². The number of guanidine groups is 1. The van der Waals surface area contributed by atoms with Crippen LogP contribution in [0.4, 0.5) is 0 Å². The topological polar surface area (TPSA) is 58.1 Å². The normalized spacial score (nSPS) is 31.4. The van der Waals surface area contributed by atoms with Crippen molar-refractivity contribution < 1.29 is 9.47 Å². The molecule has 1 spiro atoms. The van der Waals surface area contributed by atoms with E-state index in [1.807, 2.05) is 0 Å². The van der Waals surface area contributed by atoms with Crippen molar-refractivity contribution in [3.63, 3.8) is 0 Å². The predicted octanol–water partition coefficient (Wildman–Crippen LogP) is 2.62. The fourth-order valence-electron chi connectivity index (χ4n) is 4.85. The Morgan fingerprint density at radius 3 is 2.74 bits per heavy atom. The Morgan fingerprint density at radius 2 is 2.15 bits per heavy atom. The number of hydrogen-bond donors (Lipinski definition) is 2. The molecule has 7 heteroatoms. The van der Waals surface area contributed by atoms with Crippen molar-refractivity contribution in [2.24, 2.45) is 10.4 Å². The molecule has 2 saturated carbocycles. The second-order valence-electron chi connectivity index (χ2n) is 8.19. The summed E-state index contributed by atoms with van der Waals surface area (Å²) in [5.74, 6) is 0.964. The van der Waals surface area contributed by atoms with Crippen molar-refractivity contribution in [2.45, 2.75) is 77.6 Å². The van der Waals surface area contributed by atoms with Gasteiger partial charge in [-0.05, 0) is 47.0 Å². The van der Waals surface area contributed by atoms with Crippen molar-refractivity contribution >= 4 is 29.9 Å². The third kappa shape index (κ3) is 5.08. The van der Waals surface area contributed by atoms with E-state index in [4.69, 9.17) is 14.5 Å². The Labute approximate surface area is 182 Å². The lowest BCUT2D eigenvalue weighted by Gasteiger charge is -2.61. The molecule has 3 aliphatic rings. The van der Waals surface area contributed by atoms with Crippen molar-refractivity contribution in [1.82, 2.24) is 15.5 Å². The van der Waals surface area contributed by atoms with Crippen LogP contribution < -0.4 is 10.6 Å². The average molecular weight is 494 g/mol. The number of aliphatic imine (C=N–C) groups is 1. The van der Waals surface area contributed by atoms with E-state index in [2.05, 4.69) is 43.2 Å². The van der Waals surface area contributed by atoms with E-state index in [1.165, 1.54) is 19.3 Å². The number of nitrogens with zero attached hydrogens (tertiary/aromatic N) is 2. The van der Waals surface area contributed by atoms with Gasteiger partial charge in [-0.3, -0.25) is 9.89 Å². The van der Waals surface area contributed by atoms with E-state index in [0.29, 0.717) is 29.6 Å². The molecule has 3 rings (SSSR count). The van der Waals surface area contributed by atoms with Gasteiger partial charge in [-0.1, -0.05) is 6.42 Å². The number of nitrogens with one attached hydrogen (secondary N) is 2. The molecule has 1 aliphatic heterocycles. The smallest absolute Gasteiger partial charge is 0.191 e. The van der Waals surface area contributed by atoms with Crippen molar-refractivity contribution in [3.8, 4) is 0 Å². The minimum atomic E-state index is 0. The molecule has 1 saturated heterocycles. The predicted molar refractivity (Wildman–Crippen MR) is 121 cm³/mol. The van der Waals surface area contributed by atoms with Crippen LogP contribution in [0.5, 0.6) is 0 Å². The van der Waals surface area contributed by atoms with Gasteiger partial charge in [0.1, 0.15) is 0 Å². The summed E-state index contributed by atoms with van der Waals surface area (Å²) in [5, 5.41) is 7.16. The zero-order valence-corrected chi connectivity index (χ0v) is 19.8. The van der Waals surface area contributed by atoms with Gasteiger partial charge in [0.2, 0.25) is 0 Å². The first-order valence-corrected chi connectivity index (χ1v) is 10.6. The maximum absolute atomic E-state index is 5.98. The SMILES string of the molecule is CCNC(=NCC(C)N1CCOCC1C)NC1CC(OCC)C12CCC2.I. The summed E-state index contributed by atoms with van der Waals surface area (Å²) in [6.45, 7) is 13.9. The van der Waals surface area contributed by atoms with E-state index < -0.39 is 0 Å². The van der Waals surface area contributed by atoms with Crippen LogP contribution in [0.2, 0.25) is 0 Å². The highest BCUT2D eigenvalue weighted by Gasteiger charge is 2.59. The first kappa shape index (κ1) is 23.2. The summed E-state index contributed by atoms with van der Waals surface area (Å²) in [4.78, 5) is 7.42. The first-order valence-electron chi connectivity index (χ1n) is 10.6. The summed E-state index contributed by atoms with van der Waals surface area (Å²) in [6, 6.07) is 1.41. The molecule has 0 amide bonds. The molecule has 2 aliphatic carbocycles. The van der Waals surface area contributed by atoms with Crippen molar-refractivity contribution in [3.05, 3.63) is 0 Å². The van der Waals surface area contributed by atoms with Crippen LogP contribution in [0.25, 0.3) is 0 Å². The second-order valence-corrected chi connectivity index (χ2v) is 8.19. The highest BCUT2D eigenvalue weighted by atomic mass is 127. The van der Waals surface area contributed by atoms with Gasteiger partial charge in [-0.2, -0.15) is 0 Å². The summed E-state index contributed by atoms with van der Waals surface area (Å²) < 4.78 is 11.5. The summed E-state index contributed by atoms with van der Waals surface area (Å²) in [6.07, 6.45) is 5.46. The minimum absolute atomic E-state index is 0. The third-order valence-corrected chi connectivity index (χ3v) is 6.59. The van der Waals surface area contributed by atoms with Gasteiger partial charge >= 0.3 is 0 Å². The summed E-state index contributed by atoms with van der Waals surface area (Å²) in [7, 11) is 0. The second kappa shape index (κ2) is 10.6.